The van der Waals surface area contributed by atoms with Crippen LogP contribution in [0.15, 0.2) is 0 Å². The topological polar surface area (TPSA) is 87.7 Å². The zero-order valence-electron chi connectivity index (χ0n) is 11.5. The molecule has 6 nitrogen and oxygen atoms in total. The van der Waals surface area contributed by atoms with Crippen molar-refractivity contribution in [1.29, 1.82) is 0 Å². The Balaban J connectivity index is 4.02. The van der Waals surface area contributed by atoms with Crippen LogP contribution in [-0.4, -0.2) is 49.1 Å². The lowest BCUT2D eigenvalue weighted by molar-refractivity contribution is -0.173. The first-order chi connectivity index (χ1) is 8.93. The average molecular weight is 300 g/mol. The van der Waals surface area contributed by atoms with E-state index in [0.29, 0.717) is 0 Å². The summed E-state index contributed by atoms with van der Waals surface area (Å²) < 4.78 is 39.5. The van der Waals surface area contributed by atoms with Gasteiger partial charge < -0.3 is 20.5 Å². The third kappa shape index (κ3) is 8.57. The van der Waals surface area contributed by atoms with Crippen molar-refractivity contribution in [2.75, 3.05) is 19.8 Å². The minimum atomic E-state index is -4.41. The van der Waals surface area contributed by atoms with E-state index in [4.69, 9.17) is 5.11 Å². The Kier molecular flexibility index (Phi) is 6.77. The van der Waals surface area contributed by atoms with Gasteiger partial charge in [0.2, 0.25) is 0 Å². The highest BCUT2D eigenvalue weighted by molar-refractivity contribution is 5.83. The number of nitrogens with one attached hydrogen (secondary N) is 2. The normalized spacial score (nSPS) is 13.7. The molecule has 3 N–H and O–H groups in total. The fourth-order valence-electron chi connectivity index (χ4n) is 1.26. The van der Waals surface area contributed by atoms with E-state index in [-0.39, 0.29) is 13.2 Å². The summed E-state index contributed by atoms with van der Waals surface area (Å²) in [5.41, 5.74) is -0.698. The van der Waals surface area contributed by atoms with E-state index in [1.807, 2.05) is 0 Å². The summed E-state index contributed by atoms with van der Waals surface area (Å²) in [6.45, 7) is 3.05. The summed E-state index contributed by atoms with van der Waals surface area (Å²) in [6, 6.07) is -1.89. The quantitative estimate of drug-likeness (QED) is 0.646. The number of alkyl halides is 3. The molecule has 0 unspecified atom stereocenters. The maximum Gasteiger partial charge on any atom is 0.411 e. The van der Waals surface area contributed by atoms with Gasteiger partial charge in [0.15, 0.2) is 0 Å². The smallest absolute Gasteiger partial charge is 0.411 e. The van der Waals surface area contributed by atoms with Gasteiger partial charge >= 0.3 is 18.2 Å². The molecule has 2 amide bonds. The minimum absolute atomic E-state index is 0.154. The van der Waals surface area contributed by atoms with Crippen LogP contribution in [0.3, 0.4) is 0 Å². The number of hydrogen-bond donors (Lipinski definition) is 3. The third-order valence-corrected chi connectivity index (χ3v) is 2.19. The van der Waals surface area contributed by atoms with Gasteiger partial charge in [0.05, 0.1) is 6.61 Å². The molecule has 0 aliphatic rings. The molecule has 0 aromatic heterocycles. The van der Waals surface area contributed by atoms with Crippen molar-refractivity contribution >= 4 is 12.0 Å². The van der Waals surface area contributed by atoms with E-state index >= 15 is 0 Å². The average Bonchev–Trinajstić information content (AvgIpc) is 2.21. The summed E-state index contributed by atoms with van der Waals surface area (Å²) >= 11 is 0. The van der Waals surface area contributed by atoms with Crippen molar-refractivity contribution in [3.05, 3.63) is 0 Å². The van der Waals surface area contributed by atoms with Crippen molar-refractivity contribution in [3.8, 4) is 0 Å². The molecule has 0 rings (SSSR count). The van der Waals surface area contributed by atoms with Crippen LogP contribution in [0.1, 0.15) is 20.8 Å². The lowest BCUT2D eigenvalue weighted by atomic mass is 9.87. The van der Waals surface area contributed by atoms with E-state index in [1.165, 1.54) is 0 Å². The number of amides is 2. The molecule has 9 heteroatoms. The minimum Gasteiger partial charge on any atom is -0.480 e. The van der Waals surface area contributed by atoms with Crippen LogP contribution in [0.4, 0.5) is 18.0 Å². The van der Waals surface area contributed by atoms with Crippen molar-refractivity contribution in [3.63, 3.8) is 0 Å². The maximum absolute atomic E-state index is 11.7. The Hall–Kier alpha value is -1.51. The number of urea groups is 1. The summed E-state index contributed by atoms with van der Waals surface area (Å²) in [6.07, 6.45) is -4.41. The maximum atomic E-state index is 11.7. The molecule has 0 fully saturated rings. The van der Waals surface area contributed by atoms with Crippen molar-refractivity contribution < 1.29 is 32.6 Å². The first-order valence-electron chi connectivity index (χ1n) is 5.85. The number of carboxylic acids is 1. The molecule has 0 aromatic carbocycles. The highest BCUT2D eigenvalue weighted by Crippen LogP contribution is 2.19. The SMILES string of the molecule is CC(C)(C)[C@@H](NC(=O)NCCOCC(F)(F)F)C(=O)O. The van der Waals surface area contributed by atoms with E-state index < -0.39 is 36.2 Å². The van der Waals surface area contributed by atoms with Gasteiger partial charge in [-0.15, -0.1) is 0 Å². The van der Waals surface area contributed by atoms with Crippen LogP contribution in [-0.2, 0) is 9.53 Å². The number of hydrogen-bond acceptors (Lipinski definition) is 3. The molecule has 0 aliphatic heterocycles. The van der Waals surface area contributed by atoms with Crippen molar-refractivity contribution in [2.45, 2.75) is 33.0 Å². The van der Waals surface area contributed by atoms with Crippen LogP contribution >= 0.6 is 0 Å². The van der Waals surface area contributed by atoms with Crippen LogP contribution in [0.25, 0.3) is 0 Å². The van der Waals surface area contributed by atoms with Gasteiger partial charge in [0.1, 0.15) is 12.6 Å². The Bertz CT molecular complexity index is 340. The Labute approximate surface area is 114 Å². The number of carboxylic acid groups (broad SMARTS) is 1. The Morgan fingerprint density at radius 2 is 1.80 bits per heavy atom. The predicted molar refractivity (Wildman–Crippen MR) is 64.3 cm³/mol. The first-order valence-corrected chi connectivity index (χ1v) is 5.85. The third-order valence-electron chi connectivity index (χ3n) is 2.19. The Morgan fingerprint density at radius 3 is 2.20 bits per heavy atom. The van der Waals surface area contributed by atoms with Crippen molar-refractivity contribution in [2.24, 2.45) is 5.41 Å². The second-order valence-electron chi connectivity index (χ2n) is 5.21. The second-order valence-corrected chi connectivity index (χ2v) is 5.21. The van der Waals surface area contributed by atoms with Crippen LogP contribution in [0, 0.1) is 5.41 Å². The van der Waals surface area contributed by atoms with Gasteiger partial charge in [-0.3, -0.25) is 0 Å². The molecule has 0 saturated carbocycles. The summed E-state index contributed by atoms with van der Waals surface area (Å²) in [4.78, 5) is 22.4. The van der Waals surface area contributed by atoms with E-state index in [0.717, 1.165) is 0 Å². The van der Waals surface area contributed by atoms with Crippen LogP contribution < -0.4 is 10.6 Å². The molecule has 118 valence electrons. The van der Waals surface area contributed by atoms with E-state index in [9.17, 15) is 22.8 Å². The van der Waals surface area contributed by atoms with Gasteiger partial charge in [-0.25, -0.2) is 9.59 Å². The van der Waals surface area contributed by atoms with E-state index in [2.05, 4.69) is 15.4 Å². The first kappa shape index (κ1) is 18.5. The van der Waals surface area contributed by atoms with Crippen LogP contribution in [0.2, 0.25) is 0 Å². The molecule has 0 heterocycles. The lowest BCUT2D eigenvalue weighted by Crippen LogP contribution is -2.52. The highest BCUT2D eigenvalue weighted by atomic mass is 19.4. The number of carbonyl (C=O) groups excluding carboxylic acids is 1. The summed E-state index contributed by atoms with van der Waals surface area (Å²) in [5, 5.41) is 13.4. The Morgan fingerprint density at radius 1 is 1.25 bits per heavy atom. The molecule has 1 atom stereocenters. The molecule has 0 radical (unpaired) electrons. The largest absolute Gasteiger partial charge is 0.480 e. The zero-order chi connectivity index (χ0) is 16.0. The number of carbonyl (C=O) groups is 2. The van der Waals surface area contributed by atoms with Gasteiger partial charge in [-0.05, 0) is 5.41 Å². The second kappa shape index (κ2) is 7.32. The zero-order valence-corrected chi connectivity index (χ0v) is 11.5. The molecular weight excluding hydrogens is 281 g/mol. The van der Waals surface area contributed by atoms with Gasteiger partial charge in [-0.2, -0.15) is 13.2 Å². The van der Waals surface area contributed by atoms with Gasteiger partial charge in [0, 0.05) is 6.54 Å². The van der Waals surface area contributed by atoms with E-state index in [1.54, 1.807) is 20.8 Å². The standard InChI is InChI=1S/C11H19F3N2O4/c1-10(2,3)7(8(17)18)16-9(19)15-4-5-20-6-11(12,13)14/h7H,4-6H2,1-3H3,(H,17,18)(H2,15,16,19)/t7-/m0/s1. The molecule has 20 heavy (non-hydrogen) atoms. The number of rotatable bonds is 6. The number of aliphatic carboxylic acids is 1. The highest BCUT2D eigenvalue weighted by Gasteiger charge is 2.32. The van der Waals surface area contributed by atoms with Gasteiger partial charge in [-0.1, -0.05) is 20.8 Å². The monoisotopic (exact) mass is 300 g/mol. The molecule has 0 spiro atoms. The molecule has 0 bridgehead atoms. The lowest BCUT2D eigenvalue weighted by Gasteiger charge is -2.27. The fraction of sp³-hybridized carbons (Fsp3) is 0.818. The number of ether oxygens (including phenoxy) is 1. The molecular formula is C11H19F3N2O4. The van der Waals surface area contributed by atoms with Crippen molar-refractivity contribution in [1.82, 2.24) is 10.6 Å². The molecule has 0 saturated heterocycles. The summed E-state index contributed by atoms with van der Waals surface area (Å²) in [5.74, 6) is -1.19. The predicted octanol–water partition coefficient (Wildman–Crippen LogP) is 1.36. The van der Waals surface area contributed by atoms with Gasteiger partial charge in [0.25, 0.3) is 0 Å². The fourth-order valence-corrected chi connectivity index (χ4v) is 1.26. The molecule has 0 aliphatic carbocycles. The number of halogens is 3. The summed E-state index contributed by atoms with van der Waals surface area (Å²) in [7, 11) is 0. The molecule has 0 aromatic rings. The van der Waals surface area contributed by atoms with Crippen LogP contribution in [0.5, 0.6) is 0 Å².